The van der Waals surface area contributed by atoms with Crippen LogP contribution in [0.5, 0.6) is 5.75 Å². The van der Waals surface area contributed by atoms with Crippen molar-refractivity contribution in [3.8, 4) is 16.9 Å². The molecule has 0 saturated carbocycles. The molecule has 1 amide bonds. The Morgan fingerprint density at radius 2 is 1.11 bits per heavy atom. The zero-order chi connectivity index (χ0) is 61.1. The maximum atomic E-state index is 14.9. The molecule has 8 atom stereocenters. The molecule has 0 aromatic heterocycles. The number of methoxy groups -OCH3 is 1. The second-order valence-electron chi connectivity index (χ2n) is 23.8. The van der Waals surface area contributed by atoms with Crippen molar-refractivity contribution in [3.63, 3.8) is 0 Å². The second-order valence-corrected chi connectivity index (χ2v) is 30.6. The van der Waals surface area contributed by atoms with E-state index in [1.165, 1.54) is 19.2 Å². The Balaban J connectivity index is 0.962. The summed E-state index contributed by atoms with van der Waals surface area (Å²) < 4.78 is 90.0. The zero-order valence-corrected chi connectivity index (χ0v) is 51.9. The molecule has 0 aliphatic carbocycles. The number of hydrogen-bond donors (Lipinski definition) is 0. The smallest absolute Gasteiger partial charge is 0.337 e. The van der Waals surface area contributed by atoms with E-state index < -0.39 is 72.4 Å². The van der Waals surface area contributed by atoms with Crippen molar-refractivity contribution in [1.82, 2.24) is 0 Å². The normalized spacial score (nSPS) is 20.1. The molecule has 0 radical (unpaired) electrons. The van der Waals surface area contributed by atoms with Gasteiger partial charge in [-0.3, -0.25) is 4.79 Å². The van der Waals surface area contributed by atoms with E-state index in [1.807, 2.05) is 175 Å². The third-order valence-electron chi connectivity index (χ3n) is 16.9. The van der Waals surface area contributed by atoms with Gasteiger partial charge in [0, 0.05) is 11.3 Å². The molecule has 2 aliphatic heterocycles. The maximum Gasteiger partial charge on any atom is 0.337 e. The molecular weight excluding hydrogens is 1130 g/mol. The van der Waals surface area contributed by atoms with Crippen LogP contribution < -0.4 is 9.64 Å². The van der Waals surface area contributed by atoms with Gasteiger partial charge in [0.15, 0.2) is 24.3 Å². The number of benzene rings is 8. The van der Waals surface area contributed by atoms with Crippen molar-refractivity contribution in [2.24, 2.45) is 5.92 Å². The van der Waals surface area contributed by atoms with Gasteiger partial charge in [-0.1, -0.05) is 197 Å². The number of amides is 1. The molecule has 452 valence electrons. The molecule has 0 spiro atoms. The van der Waals surface area contributed by atoms with Gasteiger partial charge in [-0.05, 0) is 112 Å². The highest BCUT2D eigenvalue weighted by molar-refractivity contribution is 7.91. The average molecular weight is 1210 g/mol. The molecule has 2 unspecified atom stereocenters. The highest BCUT2D eigenvalue weighted by Crippen LogP contribution is 2.51. The van der Waals surface area contributed by atoms with E-state index >= 15 is 0 Å². The molecular formula is C72H76FNO11SSi. The van der Waals surface area contributed by atoms with Crippen LogP contribution in [0, 0.1) is 11.7 Å². The number of β-lactam (4-membered cyclic amide) rings is 1. The summed E-state index contributed by atoms with van der Waals surface area (Å²) in [5, 5.41) is -0.0966. The van der Waals surface area contributed by atoms with E-state index in [2.05, 4.69) is 33.9 Å². The third kappa shape index (κ3) is 15.2. The molecule has 12 nitrogen and oxygen atoms in total. The minimum Gasteiger partial charge on any atom is -0.489 e. The number of sulfone groups is 1. The topological polar surface area (TPSA) is 136 Å². The molecule has 0 N–H and O–H groups in total. The zero-order valence-electron chi connectivity index (χ0n) is 50.1. The highest BCUT2D eigenvalue weighted by atomic mass is 32.2. The number of nitrogens with zero attached hydrogens (tertiary/aromatic N) is 1. The van der Waals surface area contributed by atoms with Crippen molar-refractivity contribution < 1.29 is 55.2 Å². The Morgan fingerprint density at radius 3 is 1.64 bits per heavy atom. The Labute approximate surface area is 512 Å². The Hall–Kier alpha value is -7.60. The van der Waals surface area contributed by atoms with E-state index in [9.17, 15) is 22.4 Å². The lowest BCUT2D eigenvalue weighted by Gasteiger charge is -2.48. The van der Waals surface area contributed by atoms with Crippen LogP contribution in [0.4, 0.5) is 10.1 Å². The van der Waals surface area contributed by atoms with Crippen LogP contribution in [0.25, 0.3) is 11.1 Å². The minimum atomic E-state index is -4.19. The van der Waals surface area contributed by atoms with Crippen molar-refractivity contribution in [2.75, 3.05) is 17.8 Å². The van der Waals surface area contributed by atoms with Gasteiger partial charge >= 0.3 is 5.97 Å². The molecule has 2 saturated heterocycles. The first-order valence-electron chi connectivity index (χ1n) is 29.6. The van der Waals surface area contributed by atoms with Crippen molar-refractivity contribution in [2.45, 2.75) is 126 Å². The number of rotatable bonds is 25. The Kier molecular flexibility index (Phi) is 20.1. The summed E-state index contributed by atoms with van der Waals surface area (Å²) in [6.07, 6.45) is -5.10. The number of esters is 1. The summed E-state index contributed by atoms with van der Waals surface area (Å²) in [4.78, 5) is 30.4. The second kappa shape index (κ2) is 28.0. The van der Waals surface area contributed by atoms with Gasteiger partial charge in [-0.2, -0.15) is 0 Å². The number of carbonyl (C=O) groups is 2. The molecule has 2 heterocycles. The van der Waals surface area contributed by atoms with Crippen molar-refractivity contribution in [1.29, 1.82) is 0 Å². The predicted octanol–water partition coefficient (Wildman–Crippen LogP) is 14.8. The van der Waals surface area contributed by atoms with Crippen LogP contribution in [-0.2, 0) is 74.0 Å². The monoisotopic (exact) mass is 1210 g/mol. The largest absolute Gasteiger partial charge is 0.489 e. The number of ether oxygens (including phenoxy) is 6. The van der Waals surface area contributed by atoms with E-state index in [0.29, 0.717) is 24.2 Å². The summed E-state index contributed by atoms with van der Waals surface area (Å²) in [6.45, 7) is 11.5. The van der Waals surface area contributed by atoms with Gasteiger partial charge in [-0.15, -0.1) is 0 Å². The lowest BCUT2D eigenvalue weighted by atomic mass is 9.77. The van der Waals surface area contributed by atoms with Gasteiger partial charge < -0.3 is 37.7 Å². The lowest BCUT2D eigenvalue weighted by molar-refractivity contribution is -0.261. The van der Waals surface area contributed by atoms with E-state index in [4.69, 9.17) is 32.8 Å². The van der Waals surface area contributed by atoms with Crippen molar-refractivity contribution in [3.05, 3.63) is 258 Å². The summed E-state index contributed by atoms with van der Waals surface area (Å²) in [5.74, 6) is -1.56. The van der Waals surface area contributed by atoms with E-state index in [-0.39, 0.29) is 54.2 Å². The Bertz CT molecular complexity index is 3640. The number of para-hydroxylation sites is 1. The van der Waals surface area contributed by atoms with Crippen LogP contribution in [0.15, 0.2) is 223 Å². The summed E-state index contributed by atoms with van der Waals surface area (Å²) >= 11 is 0. The van der Waals surface area contributed by atoms with Gasteiger partial charge in [0.2, 0.25) is 5.91 Å². The minimum absolute atomic E-state index is 0.0220. The van der Waals surface area contributed by atoms with Crippen LogP contribution in [0.3, 0.4) is 0 Å². The first-order chi connectivity index (χ1) is 42.0. The maximum absolute atomic E-state index is 14.9. The molecule has 0 bridgehead atoms. The lowest BCUT2D eigenvalue weighted by Crippen LogP contribution is -2.63. The predicted molar refractivity (Wildman–Crippen MR) is 337 cm³/mol. The van der Waals surface area contributed by atoms with Crippen molar-refractivity contribution >= 4 is 35.7 Å². The van der Waals surface area contributed by atoms with Gasteiger partial charge in [0.05, 0.1) is 55.6 Å². The van der Waals surface area contributed by atoms with E-state index in [0.717, 1.165) is 44.6 Å². The highest BCUT2D eigenvalue weighted by Gasteiger charge is 2.53. The van der Waals surface area contributed by atoms with Crippen LogP contribution in [0.2, 0.25) is 18.1 Å². The third-order valence-corrected chi connectivity index (χ3v) is 23.1. The fourth-order valence-corrected chi connectivity index (χ4v) is 13.9. The molecule has 10 rings (SSSR count). The molecule has 2 fully saturated rings. The summed E-state index contributed by atoms with van der Waals surface area (Å²) in [6, 6.07) is 66.7. The molecule has 15 heteroatoms. The number of hydrogen-bond acceptors (Lipinski definition) is 11. The number of carbonyl (C=O) groups excluding carboxylic acids is 2. The Morgan fingerprint density at radius 1 is 0.621 bits per heavy atom. The molecule has 8 aromatic rings. The number of anilines is 1. The van der Waals surface area contributed by atoms with Gasteiger partial charge in [0.1, 0.15) is 42.6 Å². The number of halogens is 1. The summed E-state index contributed by atoms with van der Waals surface area (Å²) in [5.41, 5.74) is 7.38. The standard InChI is InChI=1S/C72H76FNO11SSi/c1-72(2,3)87(5,6)85-62(55-32-37-57(73)38-33-55)43-42-61-65(74(70(61)75)58-30-20-11-21-31-58)60-41-36-56(44-63(60)80-45-50-22-12-7-13-23-50)54-34-39-59(40-35-54)86(77,78)49-64-66(81-46-51-24-14-8-15-25-51)67(82-47-52-26-16-9-17-27-52)68(69(84-64)71(76)79-4)83-48-53-28-18-10-19-29-53/h7-41,44,61-62,64-69H,42-43,45-49H2,1-6H3/t61-,62+,64?,65-,66-,67+,68-,69?/m1/s1. The first kappa shape index (κ1) is 62.4. The fraction of sp³-hybridized carbons (Fsp3) is 0.306. The average Bonchev–Trinajstić information content (AvgIpc) is 0.823. The van der Waals surface area contributed by atoms with Crippen LogP contribution in [-0.4, -0.2) is 72.0 Å². The quantitative estimate of drug-likeness (QED) is 0.0307. The fourth-order valence-electron chi connectivity index (χ4n) is 11.1. The van der Waals surface area contributed by atoms with E-state index in [1.54, 1.807) is 36.4 Å². The summed E-state index contributed by atoms with van der Waals surface area (Å²) in [7, 11) is -5.27. The van der Waals surface area contributed by atoms with Crippen LogP contribution >= 0.6 is 0 Å². The van der Waals surface area contributed by atoms with Gasteiger partial charge in [0.25, 0.3) is 0 Å². The molecule has 87 heavy (non-hydrogen) atoms. The molecule has 2 aliphatic rings. The SMILES string of the molecule is COC(=O)C1OC(CS(=O)(=O)c2ccc(-c3ccc([C@@H]4[C@@H](CC[C@H](O[Si](C)(C)C(C)(C)C)c5ccc(F)cc5)C(=O)N4c4ccccc4)c(OCc4ccccc4)c3)cc2)[C@@H](OCc2ccccc2)[C@H](OCc2ccccc2)[C@H]1OCc1ccccc1. The van der Waals surface area contributed by atoms with Gasteiger partial charge in [-0.25, -0.2) is 17.6 Å². The first-order valence-corrected chi connectivity index (χ1v) is 34.2. The molecule has 8 aromatic carbocycles. The van der Waals surface area contributed by atoms with Crippen LogP contribution in [0.1, 0.15) is 79.1 Å².